The van der Waals surface area contributed by atoms with E-state index in [4.69, 9.17) is 5.14 Å². The molecule has 96 valence electrons. The van der Waals surface area contributed by atoms with E-state index in [0.717, 1.165) is 18.7 Å². The van der Waals surface area contributed by atoms with Crippen molar-refractivity contribution < 1.29 is 8.42 Å². The molecule has 0 aliphatic heterocycles. The number of primary sulfonamides is 1. The molecule has 0 aromatic heterocycles. The highest BCUT2D eigenvalue weighted by atomic mass is 32.2. The molecule has 0 atom stereocenters. The Morgan fingerprint density at radius 2 is 1.82 bits per heavy atom. The van der Waals surface area contributed by atoms with E-state index < -0.39 is 10.0 Å². The third-order valence-corrected chi connectivity index (χ3v) is 3.47. The summed E-state index contributed by atoms with van der Waals surface area (Å²) in [6, 6.07) is 6.65. The predicted molar refractivity (Wildman–Crippen MR) is 69.0 cm³/mol. The second-order valence-corrected chi connectivity index (χ2v) is 5.63. The van der Waals surface area contributed by atoms with Crippen LogP contribution in [-0.4, -0.2) is 15.0 Å². The Morgan fingerprint density at radius 1 is 1.18 bits per heavy atom. The topological polar surface area (TPSA) is 72.2 Å². The van der Waals surface area contributed by atoms with Gasteiger partial charge in [0.15, 0.2) is 0 Å². The summed E-state index contributed by atoms with van der Waals surface area (Å²) < 4.78 is 22.1. The molecule has 4 nitrogen and oxygen atoms in total. The first-order valence-electron chi connectivity index (χ1n) is 5.86. The van der Waals surface area contributed by atoms with Crippen LogP contribution in [0.4, 0.5) is 0 Å². The van der Waals surface area contributed by atoms with Crippen molar-refractivity contribution in [1.29, 1.82) is 0 Å². The van der Waals surface area contributed by atoms with Gasteiger partial charge >= 0.3 is 0 Å². The highest BCUT2D eigenvalue weighted by Crippen LogP contribution is 2.08. The molecule has 0 aliphatic carbocycles. The van der Waals surface area contributed by atoms with Gasteiger partial charge in [-0.15, -0.1) is 0 Å². The van der Waals surface area contributed by atoms with Crippen molar-refractivity contribution in [1.82, 2.24) is 5.32 Å². The third-order valence-electron chi connectivity index (χ3n) is 2.54. The fourth-order valence-electron chi connectivity index (χ4n) is 1.53. The number of hydrogen-bond acceptors (Lipinski definition) is 3. The van der Waals surface area contributed by atoms with Crippen LogP contribution in [0.5, 0.6) is 0 Å². The second kappa shape index (κ2) is 6.74. The molecule has 0 spiro atoms. The van der Waals surface area contributed by atoms with Crippen LogP contribution in [0.15, 0.2) is 29.2 Å². The summed E-state index contributed by atoms with van der Waals surface area (Å²) in [7, 11) is -3.57. The van der Waals surface area contributed by atoms with Gasteiger partial charge < -0.3 is 5.32 Å². The van der Waals surface area contributed by atoms with Gasteiger partial charge in [-0.1, -0.05) is 31.9 Å². The van der Waals surface area contributed by atoms with E-state index in [2.05, 4.69) is 12.2 Å². The number of benzene rings is 1. The number of unbranched alkanes of at least 4 members (excludes halogenated alkanes) is 2. The Morgan fingerprint density at radius 3 is 2.35 bits per heavy atom. The maximum atomic E-state index is 11.0. The van der Waals surface area contributed by atoms with Crippen molar-refractivity contribution in [3.8, 4) is 0 Å². The van der Waals surface area contributed by atoms with Crippen LogP contribution < -0.4 is 10.5 Å². The Labute approximate surface area is 103 Å². The fraction of sp³-hybridized carbons (Fsp3) is 0.500. The first-order chi connectivity index (χ1) is 8.04. The Kier molecular flexibility index (Phi) is 5.61. The molecule has 0 saturated heterocycles. The van der Waals surface area contributed by atoms with E-state index in [1.54, 1.807) is 24.3 Å². The first kappa shape index (κ1) is 14.2. The number of hydrogen-bond donors (Lipinski definition) is 2. The molecule has 3 N–H and O–H groups in total. The highest BCUT2D eigenvalue weighted by Gasteiger charge is 2.06. The van der Waals surface area contributed by atoms with Gasteiger partial charge in [0.05, 0.1) is 4.90 Å². The van der Waals surface area contributed by atoms with E-state index in [-0.39, 0.29) is 4.90 Å². The maximum absolute atomic E-state index is 11.0. The molecule has 0 heterocycles. The Hall–Kier alpha value is -0.910. The van der Waals surface area contributed by atoms with E-state index in [9.17, 15) is 8.42 Å². The molecule has 0 saturated carbocycles. The molecular weight excluding hydrogens is 236 g/mol. The van der Waals surface area contributed by atoms with Crippen molar-refractivity contribution in [3.05, 3.63) is 29.8 Å². The summed E-state index contributed by atoms with van der Waals surface area (Å²) in [5, 5.41) is 8.33. The number of rotatable bonds is 7. The molecule has 0 amide bonds. The zero-order valence-corrected chi connectivity index (χ0v) is 11.0. The molecule has 0 fully saturated rings. The first-order valence-corrected chi connectivity index (χ1v) is 7.41. The van der Waals surface area contributed by atoms with Gasteiger partial charge in [-0.3, -0.25) is 0 Å². The molecule has 0 radical (unpaired) electrons. The Bertz CT molecular complexity index is 426. The molecule has 1 aromatic carbocycles. The van der Waals surface area contributed by atoms with Crippen LogP contribution in [-0.2, 0) is 16.6 Å². The lowest BCUT2D eigenvalue weighted by Gasteiger charge is -2.05. The summed E-state index contributed by atoms with van der Waals surface area (Å²) in [5.41, 5.74) is 1.06. The van der Waals surface area contributed by atoms with Gasteiger partial charge in [-0.2, -0.15) is 0 Å². The average Bonchev–Trinajstić information content (AvgIpc) is 2.28. The maximum Gasteiger partial charge on any atom is 0.238 e. The van der Waals surface area contributed by atoms with E-state index >= 15 is 0 Å². The minimum absolute atomic E-state index is 0.159. The second-order valence-electron chi connectivity index (χ2n) is 4.07. The SMILES string of the molecule is CCCCCNCc1ccc(S(N)(=O)=O)cc1. The van der Waals surface area contributed by atoms with Gasteiger partial charge in [-0.25, -0.2) is 13.6 Å². The van der Waals surface area contributed by atoms with Crippen LogP contribution >= 0.6 is 0 Å². The zero-order chi connectivity index (χ0) is 12.7. The van der Waals surface area contributed by atoms with Crippen molar-refractivity contribution in [2.45, 2.75) is 37.6 Å². The van der Waals surface area contributed by atoms with Crippen molar-refractivity contribution in [2.24, 2.45) is 5.14 Å². The molecule has 0 bridgehead atoms. The lowest BCUT2D eigenvalue weighted by Crippen LogP contribution is -2.15. The van der Waals surface area contributed by atoms with E-state index in [1.807, 2.05) is 0 Å². The van der Waals surface area contributed by atoms with Gasteiger partial charge in [0.2, 0.25) is 10.0 Å². The number of sulfonamides is 1. The lowest BCUT2D eigenvalue weighted by molar-refractivity contribution is 0.597. The third kappa shape index (κ3) is 5.30. The summed E-state index contributed by atoms with van der Waals surface area (Å²) in [4.78, 5) is 0.159. The molecule has 1 rings (SSSR count). The molecule has 1 aromatic rings. The van der Waals surface area contributed by atoms with Crippen molar-refractivity contribution in [3.63, 3.8) is 0 Å². The number of nitrogens with one attached hydrogen (secondary N) is 1. The lowest BCUT2D eigenvalue weighted by atomic mass is 10.2. The van der Waals surface area contributed by atoms with Crippen LogP contribution in [0, 0.1) is 0 Å². The quantitative estimate of drug-likeness (QED) is 0.728. The monoisotopic (exact) mass is 256 g/mol. The molecule has 0 unspecified atom stereocenters. The van der Waals surface area contributed by atoms with E-state index in [1.165, 1.54) is 19.3 Å². The van der Waals surface area contributed by atoms with Crippen LogP contribution in [0.2, 0.25) is 0 Å². The van der Waals surface area contributed by atoms with Crippen molar-refractivity contribution in [2.75, 3.05) is 6.54 Å². The minimum Gasteiger partial charge on any atom is -0.313 e. The standard InChI is InChI=1S/C12H20N2O2S/c1-2-3-4-9-14-10-11-5-7-12(8-6-11)17(13,15)16/h5-8,14H,2-4,9-10H2,1H3,(H2,13,15,16). The van der Waals surface area contributed by atoms with Gasteiger partial charge in [-0.05, 0) is 30.7 Å². The summed E-state index contributed by atoms with van der Waals surface area (Å²) in [5.74, 6) is 0. The fourth-order valence-corrected chi connectivity index (χ4v) is 2.05. The largest absolute Gasteiger partial charge is 0.313 e. The number of nitrogens with two attached hydrogens (primary N) is 1. The molecule has 0 aliphatic rings. The Balaban J connectivity index is 2.41. The molecule has 5 heteroatoms. The predicted octanol–water partition coefficient (Wildman–Crippen LogP) is 1.61. The van der Waals surface area contributed by atoms with E-state index in [0.29, 0.717) is 0 Å². The van der Waals surface area contributed by atoms with Gasteiger partial charge in [0, 0.05) is 6.54 Å². The van der Waals surface area contributed by atoms with Crippen LogP contribution in [0.25, 0.3) is 0 Å². The molecule has 17 heavy (non-hydrogen) atoms. The summed E-state index contributed by atoms with van der Waals surface area (Å²) in [6.07, 6.45) is 3.62. The van der Waals surface area contributed by atoms with Crippen LogP contribution in [0.1, 0.15) is 31.7 Å². The van der Waals surface area contributed by atoms with Gasteiger partial charge in [0.25, 0.3) is 0 Å². The normalized spacial score (nSPS) is 11.6. The summed E-state index contributed by atoms with van der Waals surface area (Å²) >= 11 is 0. The average molecular weight is 256 g/mol. The van der Waals surface area contributed by atoms with Crippen LogP contribution in [0.3, 0.4) is 0 Å². The van der Waals surface area contributed by atoms with Gasteiger partial charge in [0.1, 0.15) is 0 Å². The van der Waals surface area contributed by atoms with Crippen molar-refractivity contribution >= 4 is 10.0 Å². The molecular formula is C12H20N2O2S. The smallest absolute Gasteiger partial charge is 0.238 e. The minimum atomic E-state index is -3.57. The zero-order valence-electron chi connectivity index (χ0n) is 10.1. The highest BCUT2D eigenvalue weighted by molar-refractivity contribution is 7.89. The summed E-state index contributed by atoms with van der Waals surface area (Å²) in [6.45, 7) is 3.92.